The van der Waals surface area contributed by atoms with E-state index in [4.69, 9.17) is 14.7 Å². The summed E-state index contributed by atoms with van der Waals surface area (Å²) < 4.78 is 39.0. The highest BCUT2D eigenvalue weighted by atomic mass is 32.2. The van der Waals surface area contributed by atoms with Gasteiger partial charge in [-0.05, 0) is 18.9 Å². The molecule has 132 valence electrons. The number of nitriles is 1. The molecule has 0 radical (unpaired) electrons. The molecule has 0 aromatic heterocycles. The Kier molecular flexibility index (Phi) is 7.15. The van der Waals surface area contributed by atoms with Crippen LogP contribution in [0, 0.1) is 11.3 Å². The first-order chi connectivity index (χ1) is 11.5. The molecule has 1 aromatic rings. The summed E-state index contributed by atoms with van der Waals surface area (Å²) in [6, 6.07) is 11.8. The molecule has 2 rings (SSSR count). The lowest BCUT2D eigenvalue weighted by Crippen LogP contribution is -2.49. The maximum atomic E-state index is 12.2. The molecule has 8 heteroatoms. The Morgan fingerprint density at radius 2 is 2.21 bits per heavy atom. The fourth-order valence-corrected chi connectivity index (χ4v) is 3.60. The number of nitrogens with one attached hydrogen (secondary N) is 1. The van der Waals surface area contributed by atoms with Crippen LogP contribution in [0.15, 0.2) is 30.3 Å². The number of ether oxygens (including phenoxy) is 2. The van der Waals surface area contributed by atoms with Crippen LogP contribution in [0.4, 0.5) is 0 Å². The van der Waals surface area contributed by atoms with Gasteiger partial charge in [-0.15, -0.1) is 0 Å². The smallest absolute Gasteiger partial charge is 0.279 e. The SMILES string of the molecule is C[C@@H](OCCCNS(=O)(=O)N1CCO[C@H](C#N)C1)c1ccccc1. The normalized spacial score (nSPS) is 20.4. The molecule has 0 unspecified atom stereocenters. The average molecular weight is 353 g/mol. The third-order valence-corrected chi connectivity index (χ3v) is 5.34. The van der Waals surface area contributed by atoms with Crippen molar-refractivity contribution in [3.05, 3.63) is 35.9 Å². The number of rotatable bonds is 8. The van der Waals surface area contributed by atoms with Crippen molar-refractivity contribution >= 4 is 10.2 Å². The predicted octanol–water partition coefficient (Wildman–Crippen LogP) is 1.21. The van der Waals surface area contributed by atoms with E-state index in [9.17, 15) is 8.42 Å². The van der Waals surface area contributed by atoms with Crippen molar-refractivity contribution in [3.8, 4) is 6.07 Å². The van der Waals surface area contributed by atoms with Gasteiger partial charge in [-0.25, -0.2) is 4.72 Å². The predicted molar refractivity (Wildman–Crippen MR) is 89.3 cm³/mol. The molecule has 1 saturated heterocycles. The molecule has 0 amide bonds. The lowest BCUT2D eigenvalue weighted by Gasteiger charge is -2.28. The van der Waals surface area contributed by atoms with Gasteiger partial charge in [-0.3, -0.25) is 0 Å². The topological polar surface area (TPSA) is 91.7 Å². The van der Waals surface area contributed by atoms with Gasteiger partial charge < -0.3 is 9.47 Å². The standard InChI is InChI=1S/C16H23N3O4S/c1-14(15-6-3-2-4-7-15)22-10-5-8-18-24(20,21)19-9-11-23-16(12-17)13-19/h2-4,6-7,14,16,18H,5,8-11,13H2,1H3/t14-,16-/m1/s1. The molecule has 0 bridgehead atoms. The second kappa shape index (κ2) is 9.11. The summed E-state index contributed by atoms with van der Waals surface area (Å²) in [6.07, 6.45) is -0.161. The quantitative estimate of drug-likeness (QED) is 0.709. The molecule has 0 saturated carbocycles. The zero-order valence-corrected chi connectivity index (χ0v) is 14.5. The molecule has 2 atom stereocenters. The minimum absolute atomic E-state index is 0.0292. The minimum atomic E-state index is -3.58. The van der Waals surface area contributed by atoms with Crippen molar-refractivity contribution in [2.24, 2.45) is 0 Å². The highest BCUT2D eigenvalue weighted by molar-refractivity contribution is 7.87. The largest absolute Gasteiger partial charge is 0.374 e. The van der Waals surface area contributed by atoms with Crippen LogP contribution in [0.1, 0.15) is 25.0 Å². The van der Waals surface area contributed by atoms with Gasteiger partial charge >= 0.3 is 0 Å². The molecule has 1 aliphatic rings. The molecule has 1 heterocycles. The molecule has 0 spiro atoms. The van der Waals surface area contributed by atoms with Crippen LogP contribution in [0.2, 0.25) is 0 Å². The Bertz CT molecular complexity index is 645. The Morgan fingerprint density at radius 3 is 2.92 bits per heavy atom. The van der Waals surface area contributed by atoms with E-state index in [2.05, 4.69) is 4.72 Å². The van der Waals surface area contributed by atoms with Crippen LogP contribution in [0.3, 0.4) is 0 Å². The highest BCUT2D eigenvalue weighted by Gasteiger charge is 2.28. The number of hydrogen-bond acceptors (Lipinski definition) is 5. The van der Waals surface area contributed by atoms with Crippen LogP contribution in [-0.2, 0) is 19.7 Å². The van der Waals surface area contributed by atoms with E-state index in [0.29, 0.717) is 19.6 Å². The highest BCUT2D eigenvalue weighted by Crippen LogP contribution is 2.15. The molecule has 7 nitrogen and oxygen atoms in total. The Hall–Kier alpha value is -1.50. The Balaban J connectivity index is 1.69. The number of hydrogen-bond donors (Lipinski definition) is 1. The van der Waals surface area contributed by atoms with Gasteiger partial charge in [0.2, 0.25) is 0 Å². The van der Waals surface area contributed by atoms with Gasteiger partial charge in [0.05, 0.1) is 25.3 Å². The Labute approximate surface area is 143 Å². The summed E-state index contributed by atoms with van der Waals surface area (Å²) in [4.78, 5) is 0. The van der Waals surface area contributed by atoms with E-state index in [-0.39, 0.29) is 25.8 Å². The molecule has 1 N–H and O–H groups in total. The zero-order chi connectivity index (χ0) is 17.4. The first kappa shape index (κ1) is 18.8. The van der Waals surface area contributed by atoms with Gasteiger partial charge in [0.1, 0.15) is 0 Å². The number of morpholine rings is 1. The van der Waals surface area contributed by atoms with E-state index in [1.54, 1.807) is 0 Å². The van der Waals surface area contributed by atoms with Crippen molar-refractivity contribution < 1.29 is 17.9 Å². The summed E-state index contributed by atoms with van der Waals surface area (Å²) in [6.45, 7) is 3.27. The lowest BCUT2D eigenvalue weighted by atomic mass is 10.1. The van der Waals surface area contributed by atoms with E-state index < -0.39 is 16.3 Å². The van der Waals surface area contributed by atoms with Gasteiger partial charge in [0.25, 0.3) is 10.2 Å². The fourth-order valence-electron chi connectivity index (χ4n) is 2.37. The van der Waals surface area contributed by atoms with Crippen molar-refractivity contribution in [3.63, 3.8) is 0 Å². The summed E-state index contributed by atoms with van der Waals surface area (Å²) in [7, 11) is -3.58. The maximum Gasteiger partial charge on any atom is 0.279 e. The van der Waals surface area contributed by atoms with Crippen molar-refractivity contribution in [2.45, 2.75) is 25.6 Å². The molecule has 1 aromatic carbocycles. The van der Waals surface area contributed by atoms with Crippen LogP contribution >= 0.6 is 0 Å². The monoisotopic (exact) mass is 353 g/mol. The molecule has 0 aliphatic carbocycles. The van der Waals surface area contributed by atoms with Crippen LogP contribution in [0.25, 0.3) is 0 Å². The fraction of sp³-hybridized carbons (Fsp3) is 0.562. The zero-order valence-electron chi connectivity index (χ0n) is 13.7. The maximum absolute atomic E-state index is 12.2. The molecule has 1 aliphatic heterocycles. The first-order valence-corrected chi connectivity index (χ1v) is 9.39. The Morgan fingerprint density at radius 1 is 1.46 bits per heavy atom. The van der Waals surface area contributed by atoms with Crippen molar-refractivity contribution in [1.82, 2.24) is 9.03 Å². The third-order valence-electron chi connectivity index (χ3n) is 3.76. The third kappa shape index (κ3) is 5.54. The molecule has 1 fully saturated rings. The summed E-state index contributed by atoms with van der Waals surface area (Å²) in [5.74, 6) is 0. The van der Waals surface area contributed by atoms with Crippen LogP contribution in [0.5, 0.6) is 0 Å². The van der Waals surface area contributed by atoms with E-state index in [1.165, 1.54) is 4.31 Å². The van der Waals surface area contributed by atoms with Gasteiger partial charge in [-0.2, -0.15) is 18.0 Å². The van der Waals surface area contributed by atoms with E-state index >= 15 is 0 Å². The second-order valence-electron chi connectivity index (χ2n) is 5.52. The van der Waals surface area contributed by atoms with Gasteiger partial charge in [0.15, 0.2) is 6.10 Å². The molecule has 24 heavy (non-hydrogen) atoms. The second-order valence-corrected chi connectivity index (χ2v) is 7.28. The molecular weight excluding hydrogens is 330 g/mol. The van der Waals surface area contributed by atoms with Gasteiger partial charge in [-0.1, -0.05) is 30.3 Å². The van der Waals surface area contributed by atoms with E-state index in [1.807, 2.05) is 43.3 Å². The average Bonchev–Trinajstić information content (AvgIpc) is 2.62. The number of benzene rings is 1. The van der Waals surface area contributed by atoms with E-state index in [0.717, 1.165) is 5.56 Å². The molecular formula is C16H23N3O4S. The summed E-state index contributed by atoms with van der Waals surface area (Å²) in [5, 5.41) is 8.83. The summed E-state index contributed by atoms with van der Waals surface area (Å²) >= 11 is 0. The van der Waals surface area contributed by atoms with Crippen molar-refractivity contribution in [1.29, 1.82) is 5.26 Å². The first-order valence-electron chi connectivity index (χ1n) is 7.95. The lowest BCUT2D eigenvalue weighted by molar-refractivity contribution is 0.0306. The number of nitrogens with zero attached hydrogens (tertiary/aromatic N) is 2. The van der Waals surface area contributed by atoms with Crippen LogP contribution < -0.4 is 4.72 Å². The minimum Gasteiger partial charge on any atom is -0.374 e. The summed E-state index contributed by atoms with van der Waals surface area (Å²) in [5.41, 5.74) is 1.09. The van der Waals surface area contributed by atoms with Gasteiger partial charge in [0, 0.05) is 19.7 Å². The van der Waals surface area contributed by atoms with Crippen LogP contribution in [-0.4, -0.2) is 51.7 Å². The van der Waals surface area contributed by atoms with Crippen molar-refractivity contribution in [2.75, 3.05) is 32.8 Å².